The number of hydrogen-bond donors (Lipinski definition) is 2. The molecule has 0 heterocycles. The van der Waals surface area contributed by atoms with E-state index >= 15 is 0 Å². The molecule has 1 aromatic rings. The van der Waals surface area contributed by atoms with Gasteiger partial charge in [0.05, 0.1) is 0 Å². The number of hydrogen-bond acceptors (Lipinski definition) is 3. The number of benzene rings is 1. The van der Waals surface area contributed by atoms with Gasteiger partial charge in [0.1, 0.15) is 5.54 Å². The topological polar surface area (TPSA) is 49.3 Å². The van der Waals surface area contributed by atoms with Gasteiger partial charge in [0, 0.05) is 16.5 Å². The van der Waals surface area contributed by atoms with Crippen LogP contribution in [-0.4, -0.2) is 28.9 Å². The maximum atomic E-state index is 11.3. The van der Waals surface area contributed by atoms with Crippen LogP contribution in [0.2, 0.25) is 5.02 Å². The van der Waals surface area contributed by atoms with Gasteiger partial charge in [0.25, 0.3) is 0 Å². The number of nitrogens with one attached hydrogen (secondary N) is 1. The molecule has 1 atom stereocenters. The van der Waals surface area contributed by atoms with Gasteiger partial charge < -0.3 is 10.4 Å². The number of carbonyl (C=O) groups is 1. The van der Waals surface area contributed by atoms with Crippen LogP contribution in [0, 0.1) is 0 Å². The Morgan fingerprint density at radius 3 is 2.74 bits per heavy atom. The van der Waals surface area contributed by atoms with E-state index in [1.54, 1.807) is 18.7 Å². The van der Waals surface area contributed by atoms with Crippen LogP contribution in [0.15, 0.2) is 24.3 Å². The standard InChI is InChI=1S/C14H20ClNO2S/c1-3-8-16-14(2,13(17)18)10-19-9-11-6-4-5-7-12(11)15/h4-7,16H,3,8-10H2,1-2H3,(H,17,18). The van der Waals surface area contributed by atoms with E-state index in [9.17, 15) is 9.90 Å². The van der Waals surface area contributed by atoms with Gasteiger partial charge in [-0.05, 0) is 31.5 Å². The van der Waals surface area contributed by atoms with Crippen molar-refractivity contribution in [1.29, 1.82) is 0 Å². The smallest absolute Gasteiger partial charge is 0.324 e. The molecule has 0 bridgehead atoms. The van der Waals surface area contributed by atoms with E-state index in [4.69, 9.17) is 11.6 Å². The molecule has 1 rings (SSSR count). The summed E-state index contributed by atoms with van der Waals surface area (Å²) < 4.78 is 0. The zero-order valence-corrected chi connectivity index (χ0v) is 12.9. The number of halogens is 1. The van der Waals surface area contributed by atoms with Crippen molar-refractivity contribution in [3.05, 3.63) is 34.9 Å². The molecule has 1 unspecified atom stereocenters. The van der Waals surface area contributed by atoms with Gasteiger partial charge in [-0.1, -0.05) is 36.7 Å². The predicted molar refractivity (Wildman–Crippen MR) is 81.9 cm³/mol. The number of carboxylic acid groups (broad SMARTS) is 1. The minimum absolute atomic E-state index is 0.507. The van der Waals surface area contributed by atoms with Gasteiger partial charge >= 0.3 is 5.97 Å². The molecule has 0 fully saturated rings. The molecule has 0 saturated heterocycles. The van der Waals surface area contributed by atoms with E-state index in [-0.39, 0.29) is 0 Å². The number of thioether (sulfide) groups is 1. The van der Waals surface area contributed by atoms with Crippen LogP contribution in [0.25, 0.3) is 0 Å². The van der Waals surface area contributed by atoms with E-state index in [2.05, 4.69) is 5.32 Å². The second-order valence-electron chi connectivity index (χ2n) is 4.65. The minimum Gasteiger partial charge on any atom is -0.480 e. The van der Waals surface area contributed by atoms with Crippen LogP contribution in [0.5, 0.6) is 0 Å². The average molecular weight is 302 g/mol. The molecule has 0 aliphatic heterocycles. The first-order valence-corrected chi connectivity index (χ1v) is 7.82. The zero-order valence-electron chi connectivity index (χ0n) is 11.3. The summed E-state index contributed by atoms with van der Waals surface area (Å²) in [6, 6.07) is 7.64. The lowest BCUT2D eigenvalue weighted by atomic mass is 10.1. The van der Waals surface area contributed by atoms with Gasteiger partial charge in [-0.2, -0.15) is 11.8 Å². The highest BCUT2D eigenvalue weighted by Gasteiger charge is 2.31. The molecular formula is C14H20ClNO2S. The lowest BCUT2D eigenvalue weighted by molar-refractivity contribution is -0.143. The SMILES string of the molecule is CCCNC(C)(CSCc1ccccc1Cl)C(=O)O. The van der Waals surface area contributed by atoms with Gasteiger partial charge in [0.2, 0.25) is 0 Å². The summed E-state index contributed by atoms with van der Waals surface area (Å²) in [5.41, 5.74) is 0.152. The molecule has 0 amide bonds. The largest absolute Gasteiger partial charge is 0.480 e. The van der Waals surface area contributed by atoms with Crippen LogP contribution >= 0.6 is 23.4 Å². The summed E-state index contributed by atoms with van der Waals surface area (Å²) in [6.45, 7) is 4.45. The van der Waals surface area contributed by atoms with Crippen molar-refractivity contribution in [3.8, 4) is 0 Å². The Hall–Kier alpha value is -0.710. The lowest BCUT2D eigenvalue weighted by Gasteiger charge is -2.25. The molecule has 0 saturated carbocycles. The Balaban J connectivity index is 2.53. The third kappa shape index (κ3) is 5.05. The maximum Gasteiger partial charge on any atom is 0.324 e. The molecule has 5 heteroatoms. The van der Waals surface area contributed by atoms with Gasteiger partial charge in [-0.15, -0.1) is 0 Å². The van der Waals surface area contributed by atoms with Crippen molar-refractivity contribution >= 4 is 29.3 Å². The molecule has 106 valence electrons. The quantitative estimate of drug-likeness (QED) is 0.772. The molecule has 1 aromatic carbocycles. The van der Waals surface area contributed by atoms with Crippen LogP contribution < -0.4 is 5.32 Å². The molecule has 19 heavy (non-hydrogen) atoms. The zero-order chi connectivity index (χ0) is 14.3. The number of rotatable bonds is 8. The molecular weight excluding hydrogens is 282 g/mol. The summed E-state index contributed by atoms with van der Waals surface area (Å²) in [7, 11) is 0. The minimum atomic E-state index is -0.887. The Morgan fingerprint density at radius 1 is 1.47 bits per heavy atom. The number of aliphatic carboxylic acids is 1. The molecule has 0 aliphatic rings. The van der Waals surface area contributed by atoms with Crippen molar-refractivity contribution < 1.29 is 9.90 Å². The van der Waals surface area contributed by atoms with Crippen molar-refractivity contribution in [2.45, 2.75) is 31.6 Å². The highest BCUT2D eigenvalue weighted by Crippen LogP contribution is 2.23. The Kier molecular flexibility index (Phi) is 6.69. The lowest BCUT2D eigenvalue weighted by Crippen LogP contribution is -2.52. The summed E-state index contributed by atoms with van der Waals surface area (Å²) in [5, 5.41) is 13.1. The monoisotopic (exact) mass is 301 g/mol. The van der Waals surface area contributed by atoms with Crippen molar-refractivity contribution in [2.75, 3.05) is 12.3 Å². The second-order valence-corrected chi connectivity index (χ2v) is 6.04. The average Bonchev–Trinajstić information content (AvgIpc) is 2.38. The fourth-order valence-corrected chi connectivity index (χ4v) is 3.06. The van der Waals surface area contributed by atoms with Gasteiger partial charge in [-0.3, -0.25) is 4.79 Å². The fourth-order valence-electron chi connectivity index (χ4n) is 1.57. The molecule has 0 radical (unpaired) electrons. The molecule has 0 aliphatic carbocycles. The van der Waals surface area contributed by atoms with Crippen LogP contribution in [0.3, 0.4) is 0 Å². The summed E-state index contributed by atoms with van der Waals surface area (Å²) in [4.78, 5) is 11.3. The van der Waals surface area contributed by atoms with E-state index < -0.39 is 11.5 Å². The first kappa shape index (κ1) is 16.3. The third-order valence-corrected chi connectivity index (χ3v) is 4.51. The molecule has 0 spiro atoms. The number of carboxylic acids is 1. The van der Waals surface area contributed by atoms with E-state index in [0.29, 0.717) is 12.3 Å². The first-order chi connectivity index (χ1) is 8.99. The Labute approximate surface area is 123 Å². The van der Waals surface area contributed by atoms with E-state index in [0.717, 1.165) is 22.8 Å². The maximum absolute atomic E-state index is 11.3. The normalized spacial score (nSPS) is 14.1. The van der Waals surface area contributed by atoms with Gasteiger partial charge in [-0.25, -0.2) is 0 Å². The summed E-state index contributed by atoms with van der Waals surface area (Å²) in [5.74, 6) is 0.414. The van der Waals surface area contributed by atoms with Crippen molar-refractivity contribution in [3.63, 3.8) is 0 Å². The Bertz CT molecular complexity index is 428. The van der Waals surface area contributed by atoms with E-state index in [1.807, 2.05) is 31.2 Å². The molecule has 3 nitrogen and oxygen atoms in total. The van der Waals surface area contributed by atoms with Crippen LogP contribution in [-0.2, 0) is 10.5 Å². The highest BCUT2D eigenvalue weighted by atomic mass is 35.5. The van der Waals surface area contributed by atoms with E-state index in [1.165, 1.54) is 0 Å². The molecule has 2 N–H and O–H groups in total. The third-order valence-electron chi connectivity index (χ3n) is 2.84. The Morgan fingerprint density at radius 2 is 2.16 bits per heavy atom. The highest BCUT2D eigenvalue weighted by molar-refractivity contribution is 7.98. The summed E-state index contributed by atoms with van der Waals surface area (Å²) >= 11 is 7.65. The van der Waals surface area contributed by atoms with Crippen molar-refractivity contribution in [1.82, 2.24) is 5.32 Å². The predicted octanol–water partition coefficient (Wildman–Crippen LogP) is 3.42. The molecule has 0 aromatic heterocycles. The fraction of sp³-hybridized carbons (Fsp3) is 0.500. The second kappa shape index (κ2) is 7.78. The van der Waals surface area contributed by atoms with Crippen LogP contribution in [0.4, 0.5) is 0 Å². The van der Waals surface area contributed by atoms with Crippen LogP contribution in [0.1, 0.15) is 25.8 Å². The summed E-state index contributed by atoms with van der Waals surface area (Å²) in [6.07, 6.45) is 0.915. The van der Waals surface area contributed by atoms with Crippen molar-refractivity contribution in [2.24, 2.45) is 0 Å². The first-order valence-electron chi connectivity index (χ1n) is 6.29. The van der Waals surface area contributed by atoms with Gasteiger partial charge in [0.15, 0.2) is 0 Å².